The fourth-order valence-electron chi connectivity index (χ4n) is 4.92. The predicted molar refractivity (Wildman–Crippen MR) is 141 cm³/mol. The number of rotatable bonds is 6. The first kappa shape index (κ1) is 23.1. The van der Waals surface area contributed by atoms with Gasteiger partial charge >= 0.3 is 0 Å². The number of halogens is 1. The molecule has 2 atom stereocenters. The summed E-state index contributed by atoms with van der Waals surface area (Å²) in [6, 6.07) is 22.4. The summed E-state index contributed by atoms with van der Waals surface area (Å²) in [5.74, 6) is 0.555. The largest absolute Gasteiger partial charge is 0.494 e. The SMILES string of the molecule is CCOc1ccc(N2C(=S)N[C@H](c3ccccn3)[C@@H]2c2cc(C)n(-c3cccc(F)c3)c2C)cc1. The second-order valence-electron chi connectivity index (χ2n) is 8.57. The fourth-order valence-corrected chi connectivity index (χ4v) is 5.26. The van der Waals surface area contributed by atoms with Crippen molar-refractivity contribution in [3.8, 4) is 11.4 Å². The van der Waals surface area contributed by atoms with Crippen molar-refractivity contribution in [1.29, 1.82) is 0 Å². The van der Waals surface area contributed by atoms with Gasteiger partial charge in [0.15, 0.2) is 5.11 Å². The minimum atomic E-state index is -0.261. The Morgan fingerprint density at radius 2 is 1.80 bits per heavy atom. The normalized spacial score (nSPS) is 17.5. The van der Waals surface area contributed by atoms with E-state index in [1.807, 2.05) is 62.4 Å². The van der Waals surface area contributed by atoms with E-state index in [4.69, 9.17) is 17.0 Å². The average molecular weight is 487 g/mol. The molecule has 7 heteroatoms. The van der Waals surface area contributed by atoms with E-state index in [-0.39, 0.29) is 17.9 Å². The molecule has 0 bridgehead atoms. The van der Waals surface area contributed by atoms with Crippen LogP contribution in [0.1, 0.15) is 41.7 Å². The number of benzene rings is 2. The lowest BCUT2D eigenvalue weighted by atomic mass is 9.96. The second-order valence-corrected chi connectivity index (χ2v) is 8.95. The van der Waals surface area contributed by atoms with Crippen LogP contribution in [0.4, 0.5) is 10.1 Å². The minimum Gasteiger partial charge on any atom is -0.494 e. The molecular formula is C28H27FN4OS. The number of nitrogens with zero attached hydrogens (tertiary/aromatic N) is 3. The monoisotopic (exact) mass is 486 g/mol. The van der Waals surface area contributed by atoms with E-state index < -0.39 is 0 Å². The Morgan fingerprint density at radius 3 is 2.49 bits per heavy atom. The zero-order chi connectivity index (χ0) is 24.5. The summed E-state index contributed by atoms with van der Waals surface area (Å²) < 4.78 is 21.8. The molecule has 1 fully saturated rings. The van der Waals surface area contributed by atoms with Crippen LogP contribution in [0.3, 0.4) is 0 Å². The smallest absolute Gasteiger partial charge is 0.174 e. The third-order valence-electron chi connectivity index (χ3n) is 6.38. The van der Waals surface area contributed by atoms with Crippen LogP contribution in [0, 0.1) is 19.7 Å². The van der Waals surface area contributed by atoms with E-state index >= 15 is 0 Å². The van der Waals surface area contributed by atoms with Crippen molar-refractivity contribution in [1.82, 2.24) is 14.9 Å². The van der Waals surface area contributed by atoms with Crippen LogP contribution in [0.25, 0.3) is 5.69 Å². The van der Waals surface area contributed by atoms with Crippen molar-refractivity contribution < 1.29 is 9.13 Å². The minimum absolute atomic E-state index is 0.149. The first-order valence-electron chi connectivity index (χ1n) is 11.7. The number of anilines is 1. The van der Waals surface area contributed by atoms with Gasteiger partial charge in [0.1, 0.15) is 11.6 Å². The Bertz CT molecular complexity index is 1350. The molecule has 1 aliphatic heterocycles. The highest BCUT2D eigenvalue weighted by Crippen LogP contribution is 2.44. The van der Waals surface area contributed by atoms with E-state index in [1.54, 1.807) is 18.3 Å². The van der Waals surface area contributed by atoms with Gasteiger partial charge in [0.2, 0.25) is 0 Å². The number of nitrogens with one attached hydrogen (secondary N) is 1. The maximum Gasteiger partial charge on any atom is 0.174 e. The van der Waals surface area contributed by atoms with Crippen molar-refractivity contribution in [3.05, 3.63) is 107 Å². The van der Waals surface area contributed by atoms with E-state index in [0.717, 1.165) is 39.8 Å². The number of ether oxygens (including phenoxy) is 1. The molecule has 1 N–H and O–H groups in total. The highest BCUT2D eigenvalue weighted by molar-refractivity contribution is 7.80. The maximum absolute atomic E-state index is 14.1. The van der Waals surface area contributed by atoms with Crippen LogP contribution >= 0.6 is 12.2 Å². The van der Waals surface area contributed by atoms with Gasteiger partial charge in [-0.25, -0.2) is 4.39 Å². The summed E-state index contributed by atoms with van der Waals surface area (Å²) >= 11 is 5.85. The molecule has 2 aromatic carbocycles. The highest BCUT2D eigenvalue weighted by Gasteiger charge is 2.42. The van der Waals surface area contributed by atoms with Crippen molar-refractivity contribution in [3.63, 3.8) is 0 Å². The van der Waals surface area contributed by atoms with Gasteiger partial charge in [0, 0.05) is 29.0 Å². The predicted octanol–water partition coefficient (Wildman–Crippen LogP) is 6.20. The van der Waals surface area contributed by atoms with Crippen LogP contribution in [0.2, 0.25) is 0 Å². The standard InChI is InChI=1S/C28H27FN4OS/c1-4-34-23-13-11-21(12-14-23)33-27(26(31-28(33)35)25-10-5-6-15-30-25)24-16-18(2)32(19(24)3)22-9-7-8-20(29)17-22/h5-17,26-27H,4H2,1-3H3,(H,31,35)/t26-,27+/m1/s1. The molecule has 1 saturated heterocycles. The number of hydrogen-bond acceptors (Lipinski definition) is 3. The van der Waals surface area contributed by atoms with Gasteiger partial charge in [-0.2, -0.15) is 0 Å². The molecule has 178 valence electrons. The molecule has 5 rings (SSSR count). The zero-order valence-corrected chi connectivity index (χ0v) is 20.7. The van der Waals surface area contributed by atoms with Gasteiger partial charge in [-0.05, 0) is 99.2 Å². The average Bonchev–Trinajstić information content (AvgIpc) is 3.35. The highest BCUT2D eigenvalue weighted by atomic mass is 32.1. The quantitative estimate of drug-likeness (QED) is 0.329. The maximum atomic E-state index is 14.1. The van der Waals surface area contributed by atoms with Crippen LogP contribution in [0.5, 0.6) is 5.75 Å². The second kappa shape index (κ2) is 9.50. The summed E-state index contributed by atoms with van der Waals surface area (Å²) in [5, 5.41) is 4.14. The lowest BCUT2D eigenvalue weighted by molar-refractivity contribution is 0.340. The van der Waals surface area contributed by atoms with Gasteiger partial charge in [-0.15, -0.1) is 0 Å². The van der Waals surface area contributed by atoms with E-state index in [0.29, 0.717) is 11.7 Å². The van der Waals surface area contributed by atoms with E-state index in [1.165, 1.54) is 6.07 Å². The molecule has 5 nitrogen and oxygen atoms in total. The molecule has 0 unspecified atom stereocenters. The summed E-state index contributed by atoms with van der Waals surface area (Å²) in [6.45, 7) is 6.69. The van der Waals surface area contributed by atoms with Crippen LogP contribution in [-0.4, -0.2) is 21.3 Å². The third-order valence-corrected chi connectivity index (χ3v) is 6.69. The number of aryl methyl sites for hydroxylation is 1. The lowest BCUT2D eigenvalue weighted by Crippen LogP contribution is -2.29. The summed E-state index contributed by atoms with van der Waals surface area (Å²) in [4.78, 5) is 6.78. The van der Waals surface area contributed by atoms with Crippen LogP contribution < -0.4 is 15.0 Å². The molecule has 0 amide bonds. The molecule has 0 saturated carbocycles. The molecule has 0 aliphatic carbocycles. The number of aromatic nitrogens is 2. The van der Waals surface area contributed by atoms with Crippen molar-refractivity contribution >= 4 is 23.0 Å². The Balaban J connectivity index is 1.64. The Labute approximate surface area is 210 Å². The van der Waals surface area contributed by atoms with Gasteiger partial charge in [-0.1, -0.05) is 12.1 Å². The van der Waals surface area contributed by atoms with Crippen molar-refractivity contribution in [2.75, 3.05) is 11.5 Å². The van der Waals surface area contributed by atoms with Crippen LogP contribution in [-0.2, 0) is 0 Å². The lowest BCUT2D eigenvalue weighted by Gasteiger charge is -2.28. The first-order chi connectivity index (χ1) is 17.0. The Kier molecular flexibility index (Phi) is 6.26. The Hall–Kier alpha value is -3.71. The van der Waals surface area contributed by atoms with Crippen molar-refractivity contribution in [2.45, 2.75) is 32.9 Å². The van der Waals surface area contributed by atoms with Gasteiger partial charge < -0.3 is 19.5 Å². The summed E-state index contributed by atoms with van der Waals surface area (Å²) in [7, 11) is 0. The summed E-state index contributed by atoms with van der Waals surface area (Å²) in [5.41, 5.74) is 5.81. The van der Waals surface area contributed by atoms with Crippen molar-refractivity contribution in [2.24, 2.45) is 0 Å². The number of thiocarbonyl (C=S) groups is 1. The number of hydrogen-bond donors (Lipinski definition) is 1. The molecule has 2 aromatic heterocycles. The molecule has 4 aromatic rings. The van der Waals surface area contributed by atoms with Crippen LogP contribution in [0.15, 0.2) is 79.0 Å². The summed E-state index contributed by atoms with van der Waals surface area (Å²) in [6.07, 6.45) is 1.80. The molecule has 0 spiro atoms. The molecule has 3 heterocycles. The molecule has 0 radical (unpaired) electrons. The van der Waals surface area contributed by atoms with E-state index in [9.17, 15) is 4.39 Å². The molecule has 35 heavy (non-hydrogen) atoms. The van der Waals surface area contributed by atoms with Gasteiger partial charge in [-0.3, -0.25) is 4.98 Å². The molecule has 1 aliphatic rings. The zero-order valence-electron chi connectivity index (χ0n) is 19.9. The van der Waals surface area contributed by atoms with E-state index in [2.05, 4.69) is 32.8 Å². The topological polar surface area (TPSA) is 42.3 Å². The third kappa shape index (κ3) is 4.28. The fraction of sp³-hybridized carbons (Fsp3) is 0.214. The number of pyridine rings is 1. The van der Waals surface area contributed by atoms with Gasteiger partial charge in [0.25, 0.3) is 0 Å². The van der Waals surface area contributed by atoms with Gasteiger partial charge in [0.05, 0.1) is 24.4 Å². The first-order valence-corrected chi connectivity index (χ1v) is 12.1. The Morgan fingerprint density at radius 1 is 1.00 bits per heavy atom. The molecular weight excluding hydrogens is 459 g/mol.